The number of hydrogen-bond acceptors (Lipinski definition) is 4. The maximum Gasteiger partial charge on any atom is 0.125 e. The van der Waals surface area contributed by atoms with Crippen LogP contribution < -0.4 is 5.73 Å². The topological polar surface area (TPSA) is 38.9 Å². The zero-order valence-electron chi connectivity index (χ0n) is 9.96. The van der Waals surface area contributed by atoms with Gasteiger partial charge in [-0.3, -0.25) is 0 Å². The van der Waals surface area contributed by atoms with E-state index in [2.05, 4.69) is 35.7 Å². The Balaban J connectivity index is 2.02. The van der Waals surface area contributed by atoms with Crippen LogP contribution in [0.4, 0.5) is 5.69 Å². The fourth-order valence-electron chi connectivity index (χ4n) is 2.24. The lowest BCUT2D eigenvalue weighted by atomic mass is 10.1. The number of thiophene rings is 2. The van der Waals surface area contributed by atoms with Gasteiger partial charge in [0.15, 0.2) is 0 Å². The molecule has 0 unspecified atom stereocenters. The first-order chi connectivity index (χ1) is 9.31. The van der Waals surface area contributed by atoms with Crippen molar-refractivity contribution in [3.63, 3.8) is 0 Å². The van der Waals surface area contributed by atoms with Crippen molar-refractivity contribution in [2.24, 2.45) is 0 Å². The highest BCUT2D eigenvalue weighted by Crippen LogP contribution is 2.35. The van der Waals surface area contributed by atoms with Gasteiger partial charge >= 0.3 is 0 Å². The van der Waals surface area contributed by atoms with Crippen molar-refractivity contribution < 1.29 is 0 Å². The maximum absolute atomic E-state index is 5.87. The first-order valence-electron chi connectivity index (χ1n) is 5.94. The molecule has 0 radical (unpaired) electrons. The third kappa shape index (κ3) is 1.72. The first kappa shape index (κ1) is 11.0. The Morgan fingerprint density at radius 1 is 1.00 bits per heavy atom. The Labute approximate surface area is 118 Å². The van der Waals surface area contributed by atoms with E-state index in [1.54, 1.807) is 22.7 Å². The summed E-state index contributed by atoms with van der Waals surface area (Å²) in [6, 6.07) is 14.4. The quantitative estimate of drug-likeness (QED) is 0.511. The highest BCUT2D eigenvalue weighted by Gasteiger charge is 2.08. The van der Waals surface area contributed by atoms with E-state index in [9.17, 15) is 0 Å². The van der Waals surface area contributed by atoms with Crippen molar-refractivity contribution in [1.82, 2.24) is 4.98 Å². The van der Waals surface area contributed by atoms with Gasteiger partial charge in [-0.15, -0.1) is 22.7 Å². The van der Waals surface area contributed by atoms with Crippen molar-refractivity contribution in [3.8, 4) is 10.6 Å². The molecular formula is C15H10N2S2. The monoisotopic (exact) mass is 282 g/mol. The second-order valence-electron chi connectivity index (χ2n) is 4.38. The minimum Gasteiger partial charge on any atom is -0.399 e. The molecular weight excluding hydrogens is 272 g/mol. The highest BCUT2D eigenvalue weighted by molar-refractivity contribution is 7.25. The molecule has 1 aromatic carbocycles. The van der Waals surface area contributed by atoms with E-state index < -0.39 is 0 Å². The molecule has 0 aliphatic carbocycles. The van der Waals surface area contributed by atoms with E-state index in [4.69, 9.17) is 10.7 Å². The normalized spacial score (nSPS) is 11.4. The van der Waals surface area contributed by atoms with Crippen LogP contribution in [0.25, 0.3) is 30.9 Å². The van der Waals surface area contributed by atoms with Gasteiger partial charge in [0.05, 0.1) is 10.6 Å². The van der Waals surface area contributed by atoms with Crippen LogP contribution in [0.3, 0.4) is 0 Å². The van der Waals surface area contributed by atoms with E-state index >= 15 is 0 Å². The predicted octanol–water partition coefficient (Wildman–Crippen LogP) is 4.76. The van der Waals surface area contributed by atoms with Crippen molar-refractivity contribution >= 4 is 48.7 Å². The Bertz CT molecular complexity index is 876. The number of nitrogens with zero attached hydrogens (tertiary/aromatic N) is 1. The standard InChI is InChI=1S/C15H10N2S2/c16-9-3-6-13-11(8-9)10-4-5-12(17-15(10)19-13)14-2-1-7-18-14/h1-8H,16H2. The molecule has 0 atom stereocenters. The molecule has 19 heavy (non-hydrogen) atoms. The second kappa shape index (κ2) is 4.05. The van der Waals surface area contributed by atoms with Gasteiger partial charge in [0.1, 0.15) is 4.83 Å². The second-order valence-corrected chi connectivity index (χ2v) is 6.36. The molecule has 4 heteroatoms. The summed E-state index contributed by atoms with van der Waals surface area (Å²) in [5, 5.41) is 4.46. The van der Waals surface area contributed by atoms with E-state index in [-0.39, 0.29) is 0 Å². The molecule has 3 heterocycles. The largest absolute Gasteiger partial charge is 0.399 e. The van der Waals surface area contributed by atoms with Gasteiger partial charge in [-0.25, -0.2) is 4.98 Å². The van der Waals surface area contributed by atoms with Crippen LogP contribution >= 0.6 is 22.7 Å². The average molecular weight is 282 g/mol. The predicted molar refractivity (Wildman–Crippen MR) is 84.9 cm³/mol. The number of pyridine rings is 1. The Morgan fingerprint density at radius 2 is 1.95 bits per heavy atom. The smallest absolute Gasteiger partial charge is 0.125 e. The lowest BCUT2D eigenvalue weighted by Crippen LogP contribution is -1.82. The summed E-state index contributed by atoms with van der Waals surface area (Å²) < 4.78 is 1.24. The van der Waals surface area contributed by atoms with Gasteiger partial charge in [-0.05, 0) is 41.8 Å². The molecule has 0 spiro atoms. The molecule has 2 N–H and O–H groups in total. The molecule has 0 aliphatic rings. The summed E-state index contributed by atoms with van der Waals surface area (Å²) in [5.41, 5.74) is 7.71. The SMILES string of the molecule is Nc1ccc2sc3nc(-c4cccs4)ccc3c2c1. The third-order valence-corrected chi connectivity index (χ3v) is 5.11. The highest BCUT2D eigenvalue weighted by atomic mass is 32.1. The van der Waals surface area contributed by atoms with Crippen molar-refractivity contribution in [1.29, 1.82) is 0 Å². The zero-order valence-corrected chi connectivity index (χ0v) is 11.6. The molecule has 92 valence electrons. The van der Waals surface area contributed by atoms with E-state index in [1.165, 1.54) is 20.3 Å². The fraction of sp³-hybridized carbons (Fsp3) is 0. The van der Waals surface area contributed by atoms with Gasteiger partial charge in [-0.1, -0.05) is 6.07 Å². The number of aromatic nitrogens is 1. The Hall–Kier alpha value is -1.91. The molecule has 0 saturated heterocycles. The number of hydrogen-bond donors (Lipinski definition) is 1. The number of anilines is 1. The van der Waals surface area contributed by atoms with Gasteiger partial charge < -0.3 is 5.73 Å². The number of benzene rings is 1. The lowest BCUT2D eigenvalue weighted by molar-refractivity contribution is 1.45. The maximum atomic E-state index is 5.87. The van der Waals surface area contributed by atoms with Crippen LogP contribution in [0.2, 0.25) is 0 Å². The molecule has 3 aromatic heterocycles. The van der Waals surface area contributed by atoms with Gasteiger partial charge in [0, 0.05) is 21.2 Å². The zero-order chi connectivity index (χ0) is 12.8. The van der Waals surface area contributed by atoms with E-state index in [0.29, 0.717) is 0 Å². The summed E-state index contributed by atoms with van der Waals surface area (Å²) in [6.45, 7) is 0. The molecule has 0 bridgehead atoms. The van der Waals surface area contributed by atoms with E-state index in [1.807, 2.05) is 12.1 Å². The minimum atomic E-state index is 0.800. The molecule has 4 rings (SSSR count). The van der Waals surface area contributed by atoms with Crippen LogP contribution in [0.1, 0.15) is 0 Å². The van der Waals surface area contributed by atoms with Crippen molar-refractivity contribution in [3.05, 3.63) is 47.8 Å². The van der Waals surface area contributed by atoms with Gasteiger partial charge in [0.2, 0.25) is 0 Å². The number of rotatable bonds is 1. The molecule has 0 amide bonds. The summed E-state index contributed by atoms with van der Waals surface area (Å²) >= 11 is 3.44. The van der Waals surface area contributed by atoms with Crippen LogP contribution in [0, 0.1) is 0 Å². The number of fused-ring (bicyclic) bond motifs is 3. The van der Waals surface area contributed by atoms with Crippen LogP contribution in [0.15, 0.2) is 47.8 Å². The molecule has 0 saturated carbocycles. The third-order valence-electron chi connectivity index (χ3n) is 3.13. The summed E-state index contributed by atoms with van der Waals surface area (Å²) in [5.74, 6) is 0. The number of nitrogens with two attached hydrogens (primary N) is 1. The van der Waals surface area contributed by atoms with Crippen molar-refractivity contribution in [2.45, 2.75) is 0 Å². The lowest BCUT2D eigenvalue weighted by Gasteiger charge is -1.97. The summed E-state index contributed by atoms with van der Waals surface area (Å²) in [4.78, 5) is 7.06. The molecule has 0 fully saturated rings. The number of nitrogen functional groups attached to an aromatic ring is 1. The average Bonchev–Trinajstić information content (AvgIpc) is 3.04. The Morgan fingerprint density at radius 3 is 2.79 bits per heavy atom. The van der Waals surface area contributed by atoms with Crippen LogP contribution in [-0.4, -0.2) is 4.98 Å². The fourth-order valence-corrected chi connectivity index (χ4v) is 3.99. The Kier molecular flexibility index (Phi) is 2.33. The van der Waals surface area contributed by atoms with Gasteiger partial charge in [0.25, 0.3) is 0 Å². The van der Waals surface area contributed by atoms with Crippen molar-refractivity contribution in [2.75, 3.05) is 5.73 Å². The van der Waals surface area contributed by atoms with Gasteiger partial charge in [-0.2, -0.15) is 0 Å². The molecule has 2 nitrogen and oxygen atoms in total. The first-order valence-corrected chi connectivity index (χ1v) is 7.63. The van der Waals surface area contributed by atoms with E-state index in [0.717, 1.165) is 16.2 Å². The molecule has 4 aromatic rings. The van der Waals surface area contributed by atoms with Crippen LogP contribution in [0.5, 0.6) is 0 Å². The minimum absolute atomic E-state index is 0.800. The molecule has 0 aliphatic heterocycles. The van der Waals surface area contributed by atoms with Crippen LogP contribution in [-0.2, 0) is 0 Å². The summed E-state index contributed by atoms with van der Waals surface area (Å²) in [6.07, 6.45) is 0. The summed E-state index contributed by atoms with van der Waals surface area (Å²) in [7, 11) is 0.